The maximum atomic E-state index is 11.2. The van der Waals surface area contributed by atoms with Crippen LogP contribution in [0.15, 0.2) is 18.2 Å². The molecule has 0 radical (unpaired) electrons. The molecule has 0 unspecified atom stereocenters. The second-order valence-electron chi connectivity index (χ2n) is 3.47. The van der Waals surface area contributed by atoms with E-state index in [0.29, 0.717) is 11.3 Å². The first-order valence-electron chi connectivity index (χ1n) is 4.54. The van der Waals surface area contributed by atoms with Gasteiger partial charge in [-0.2, -0.15) is 0 Å². The zero-order valence-corrected chi connectivity index (χ0v) is 8.70. The quantitative estimate of drug-likeness (QED) is 0.797. The molecule has 0 aromatic heterocycles. The van der Waals surface area contributed by atoms with Crippen molar-refractivity contribution in [2.75, 3.05) is 7.11 Å². The third kappa shape index (κ3) is 2.05. The summed E-state index contributed by atoms with van der Waals surface area (Å²) in [5.74, 6) is 0.527. The summed E-state index contributed by atoms with van der Waals surface area (Å²) in [5.41, 5.74) is 6.78. The molecule has 0 aliphatic heterocycles. The van der Waals surface area contributed by atoms with E-state index in [-0.39, 0.29) is 5.92 Å². The van der Waals surface area contributed by atoms with Gasteiger partial charge >= 0.3 is 0 Å². The number of hydrogen-bond donors (Lipinski definition) is 1. The molecule has 1 aromatic rings. The van der Waals surface area contributed by atoms with Gasteiger partial charge in [-0.3, -0.25) is 4.79 Å². The lowest BCUT2D eigenvalue weighted by Crippen LogP contribution is -2.14. The van der Waals surface area contributed by atoms with Gasteiger partial charge in [0.15, 0.2) is 0 Å². The first-order chi connectivity index (χ1) is 6.56. The number of hydrogen-bond acceptors (Lipinski definition) is 2. The van der Waals surface area contributed by atoms with Gasteiger partial charge in [0.05, 0.1) is 7.11 Å². The number of carbonyl (C=O) groups excluding carboxylic acids is 1. The molecule has 1 amide bonds. The van der Waals surface area contributed by atoms with Gasteiger partial charge in [0.2, 0.25) is 5.91 Å². The van der Waals surface area contributed by atoms with Gasteiger partial charge in [-0.1, -0.05) is 19.9 Å². The van der Waals surface area contributed by atoms with Crippen LogP contribution in [-0.2, 0) is 0 Å². The minimum Gasteiger partial charge on any atom is -0.497 e. The fourth-order valence-electron chi connectivity index (χ4n) is 1.38. The number of benzene rings is 1. The molecule has 1 rings (SSSR count). The van der Waals surface area contributed by atoms with E-state index >= 15 is 0 Å². The summed E-state index contributed by atoms with van der Waals surface area (Å²) >= 11 is 0. The normalized spacial score (nSPS) is 10.3. The van der Waals surface area contributed by atoms with E-state index in [9.17, 15) is 4.79 Å². The topological polar surface area (TPSA) is 52.3 Å². The summed E-state index contributed by atoms with van der Waals surface area (Å²) in [6.45, 7) is 4.04. The van der Waals surface area contributed by atoms with Gasteiger partial charge in [0.1, 0.15) is 5.75 Å². The molecule has 1 aromatic carbocycles. The molecule has 0 saturated heterocycles. The molecule has 14 heavy (non-hydrogen) atoms. The van der Waals surface area contributed by atoms with Gasteiger partial charge < -0.3 is 10.5 Å². The molecule has 76 valence electrons. The predicted octanol–water partition coefficient (Wildman–Crippen LogP) is 1.92. The van der Waals surface area contributed by atoms with Crippen LogP contribution in [0.3, 0.4) is 0 Å². The van der Waals surface area contributed by atoms with E-state index < -0.39 is 5.91 Å². The Morgan fingerprint density at radius 3 is 2.50 bits per heavy atom. The minimum absolute atomic E-state index is 0.281. The fraction of sp³-hybridized carbons (Fsp3) is 0.364. The molecular weight excluding hydrogens is 178 g/mol. The van der Waals surface area contributed by atoms with Crippen LogP contribution < -0.4 is 10.5 Å². The Hall–Kier alpha value is -1.51. The summed E-state index contributed by atoms with van der Waals surface area (Å²) in [6, 6.07) is 5.39. The average Bonchev–Trinajstić information content (AvgIpc) is 2.16. The Morgan fingerprint density at radius 2 is 2.07 bits per heavy atom. The molecule has 0 aliphatic carbocycles. The summed E-state index contributed by atoms with van der Waals surface area (Å²) in [6.07, 6.45) is 0. The molecule has 0 bridgehead atoms. The van der Waals surface area contributed by atoms with Crippen LogP contribution >= 0.6 is 0 Å². The Kier molecular flexibility index (Phi) is 3.12. The van der Waals surface area contributed by atoms with Crippen molar-refractivity contribution < 1.29 is 9.53 Å². The largest absolute Gasteiger partial charge is 0.497 e. The van der Waals surface area contributed by atoms with E-state index in [4.69, 9.17) is 10.5 Å². The highest BCUT2D eigenvalue weighted by atomic mass is 16.5. The van der Waals surface area contributed by atoms with Crippen LogP contribution in [0.1, 0.15) is 35.7 Å². The molecule has 0 heterocycles. The van der Waals surface area contributed by atoms with Gasteiger partial charge in [0.25, 0.3) is 0 Å². The molecule has 0 saturated carbocycles. The van der Waals surface area contributed by atoms with Crippen LogP contribution in [0.25, 0.3) is 0 Å². The SMILES string of the molecule is COc1ccc(C(C)C)c(C(N)=O)c1. The van der Waals surface area contributed by atoms with Gasteiger partial charge in [-0.05, 0) is 23.6 Å². The van der Waals surface area contributed by atoms with E-state index in [1.807, 2.05) is 26.0 Å². The number of nitrogens with two attached hydrogens (primary N) is 1. The third-order valence-corrected chi connectivity index (χ3v) is 2.15. The Bertz CT molecular complexity index is 345. The highest BCUT2D eigenvalue weighted by Gasteiger charge is 2.11. The zero-order chi connectivity index (χ0) is 10.7. The maximum Gasteiger partial charge on any atom is 0.249 e. The summed E-state index contributed by atoms with van der Waals surface area (Å²) in [5, 5.41) is 0. The van der Waals surface area contributed by atoms with Crippen molar-refractivity contribution in [1.82, 2.24) is 0 Å². The highest BCUT2D eigenvalue weighted by molar-refractivity contribution is 5.95. The number of carbonyl (C=O) groups is 1. The molecule has 0 aliphatic rings. The van der Waals surface area contributed by atoms with Crippen molar-refractivity contribution in [1.29, 1.82) is 0 Å². The highest BCUT2D eigenvalue weighted by Crippen LogP contribution is 2.23. The summed E-state index contributed by atoms with van der Waals surface area (Å²) in [7, 11) is 1.56. The van der Waals surface area contributed by atoms with Crippen LogP contribution in [-0.4, -0.2) is 13.0 Å². The second-order valence-corrected chi connectivity index (χ2v) is 3.47. The molecule has 0 atom stereocenters. The molecule has 3 heteroatoms. The first kappa shape index (κ1) is 10.6. The molecule has 2 N–H and O–H groups in total. The first-order valence-corrected chi connectivity index (χ1v) is 4.54. The summed E-state index contributed by atoms with van der Waals surface area (Å²) < 4.78 is 5.03. The monoisotopic (exact) mass is 193 g/mol. The second kappa shape index (κ2) is 4.13. The van der Waals surface area contributed by atoms with Crippen LogP contribution in [0.4, 0.5) is 0 Å². The van der Waals surface area contributed by atoms with Gasteiger partial charge in [-0.15, -0.1) is 0 Å². The zero-order valence-electron chi connectivity index (χ0n) is 8.70. The van der Waals surface area contributed by atoms with E-state index in [1.54, 1.807) is 13.2 Å². The molecule has 0 spiro atoms. The van der Waals surface area contributed by atoms with Crippen LogP contribution in [0.5, 0.6) is 5.75 Å². The maximum absolute atomic E-state index is 11.2. The Labute approximate surface area is 83.9 Å². The van der Waals surface area contributed by atoms with E-state index in [2.05, 4.69) is 0 Å². The standard InChI is InChI=1S/C11H15NO2/c1-7(2)9-5-4-8(14-3)6-10(9)11(12)13/h4-7H,1-3H3,(H2,12,13). The smallest absolute Gasteiger partial charge is 0.249 e. The van der Waals surface area contributed by atoms with Crippen molar-refractivity contribution in [3.63, 3.8) is 0 Å². The number of rotatable bonds is 3. The predicted molar refractivity (Wildman–Crippen MR) is 55.6 cm³/mol. The number of ether oxygens (including phenoxy) is 1. The Balaban J connectivity index is 3.24. The number of primary amides is 1. The number of amides is 1. The number of methoxy groups -OCH3 is 1. The van der Waals surface area contributed by atoms with E-state index in [1.165, 1.54) is 0 Å². The third-order valence-electron chi connectivity index (χ3n) is 2.15. The van der Waals surface area contributed by atoms with Crippen molar-refractivity contribution in [3.8, 4) is 5.75 Å². The Morgan fingerprint density at radius 1 is 1.43 bits per heavy atom. The lowest BCUT2D eigenvalue weighted by molar-refractivity contribution is 0.0998. The summed E-state index contributed by atoms with van der Waals surface area (Å²) in [4.78, 5) is 11.2. The molecular formula is C11H15NO2. The van der Waals surface area contributed by atoms with Gasteiger partial charge in [0, 0.05) is 5.56 Å². The van der Waals surface area contributed by atoms with Crippen molar-refractivity contribution in [3.05, 3.63) is 29.3 Å². The van der Waals surface area contributed by atoms with Crippen molar-refractivity contribution in [2.45, 2.75) is 19.8 Å². The molecule has 0 fully saturated rings. The van der Waals surface area contributed by atoms with Gasteiger partial charge in [-0.25, -0.2) is 0 Å². The van der Waals surface area contributed by atoms with Crippen molar-refractivity contribution >= 4 is 5.91 Å². The molecule has 3 nitrogen and oxygen atoms in total. The average molecular weight is 193 g/mol. The fourth-order valence-corrected chi connectivity index (χ4v) is 1.38. The lowest BCUT2D eigenvalue weighted by atomic mass is 9.96. The van der Waals surface area contributed by atoms with Crippen LogP contribution in [0.2, 0.25) is 0 Å². The lowest BCUT2D eigenvalue weighted by Gasteiger charge is -2.11. The minimum atomic E-state index is -0.410. The van der Waals surface area contributed by atoms with Crippen LogP contribution in [0, 0.1) is 0 Å². The van der Waals surface area contributed by atoms with Crippen molar-refractivity contribution in [2.24, 2.45) is 5.73 Å². The van der Waals surface area contributed by atoms with E-state index in [0.717, 1.165) is 5.56 Å².